The van der Waals surface area contributed by atoms with Crippen molar-refractivity contribution >= 4 is 0 Å². The third-order valence-electron chi connectivity index (χ3n) is 2.92. The van der Waals surface area contributed by atoms with Gasteiger partial charge in [-0.05, 0) is 31.4 Å². The number of halogens is 1. The van der Waals surface area contributed by atoms with E-state index >= 15 is 0 Å². The van der Waals surface area contributed by atoms with E-state index in [0.717, 1.165) is 31.4 Å². The van der Waals surface area contributed by atoms with Crippen molar-refractivity contribution in [1.82, 2.24) is 10.3 Å². The van der Waals surface area contributed by atoms with Crippen LogP contribution in [0.5, 0.6) is 5.88 Å². The fraction of sp³-hybridized carbons (Fsp3) is 0.667. The Morgan fingerprint density at radius 1 is 1.37 bits per heavy atom. The molecule has 0 bridgehead atoms. The molecular formula is C15H25FN2O. The first kappa shape index (κ1) is 15.9. The molecule has 3 nitrogen and oxygen atoms in total. The molecule has 4 heteroatoms. The van der Waals surface area contributed by atoms with E-state index in [-0.39, 0.29) is 5.82 Å². The second kappa shape index (κ2) is 8.86. The van der Waals surface area contributed by atoms with Gasteiger partial charge in [-0.3, -0.25) is 0 Å². The van der Waals surface area contributed by atoms with Gasteiger partial charge < -0.3 is 10.1 Å². The maximum atomic E-state index is 13.2. The number of rotatable bonds is 9. The summed E-state index contributed by atoms with van der Waals surface area (Å²) in [5.74, 6) is 0.725. The van der Waals surface area contributed by atoms with E-state index in [1.54, 1.807) is 0 Å². The van der Waals surface area contributed by atoms with Gasteiger partial charge in [-0.2, -0.15) is 0 Å². The molecule has 0 aromatic carbocycles. The Labute approximate surface area is 115 Å². The van der Waals surface area contributed by atoms with E-state index in [0.29, 0.717) is 24.9 Å². The van der Waals surface area contributed by atoms with Gasteiger partial charge in [0.2, 0.25) is 5.88 Å². The highest BCUT2D eigenvalue weighted by molar-refractivity contribution is 5.26. The van der Waals surface area contributed by atoms with Gasteiger partial charge in [0.05, 0.1) is 12.8 Å². The number of hydrogen-bond acceptors (Lipinski definition) is 3. The Hall–Kier alpha value is -1.16. The van der Waals surface area contributed by atoms with Crippen molar-refractivity contribution < 1.29 is 9.13 Å². The van der Waals surface area contributed by atoms with Crippen LogP contribution in [0.2, 0.25) is 0 Å². The smallest absolute Gasteiger partial charge is 0.218 e. The van der Waals surface area contributed by atoms with Gasteiger partial charge in [-0.15, -0.1) is 0 Å². The summed E-state index contributed by atoms with van der Waals surface area (Å²) in [6.07, 6.45) is 4.53. The number of nitrogens with zero attached hydrogens (tertiary/aromatic N) is 1. The molecule has 1 unspecified atom stereocenters. The number of ether oxygens (including phenoxy) is 1. The van der Waals surface area contributed by atoms with Crippen molar-refractivity contribution in [3.63, 3.8) is 0 Å². The Kier molecular flexibility index (Phi) is 7.41. The minimum atomic E-state index is -0.317. The largest absolute Gasteiger partial charge is 0.477 e. The highest BCUT2D eigenvalue weighted by atomic mass is 19.1. The Morgan fingerprint density at radius 3 is 2.84 bits per heavy atom. The first-order valence-electron chi connectivity index (χ1n) is 7.15. The first-order valence-corrected chi connectivity index (χ1v) is 7.15. The maximum absolute atomic E-state index is 13.2. The van der Waals surface area contributed by atoms with Gasteiger partial charge in [-0.25, -0.2) is 9.37 Å². The Morgan fingerprint density at radius 2 is 2.16 bits per heavy atom. The van der Waals surface area contributed by atoms with E-state index in [4.69, 9.17) is 4.74 Å². The van der Waals surface area contributed by atoms with Crippen LogP contribution in [-0.2, 0) is 6.54 Å². The zero-order chi connectivity index (χ0) is 14.1. The zero-order valence-electron chi connectivity index (χ0n) is 12.2. The van der Waals surface area contributed by atoms with E-state index in [1.165, 1.54) is 12.3 Å². The van der Waals surface area contributed by atoms with Crippen LogP contribution in [0.3, 0.4) is 0 Å². The Bertz CT molecular complexity index is 371. The lowest BCUT2D eigenvalue weighted by Gasteiger charge is -2.14. The fourth-order valence-corrected chi connectivity index (χ4v) is 1.92. The molecule has 0 spiro atoms. The van der Waals surface area contributed by atoms with Crippen molar-refractivity contribution in [3.05, 3.63) is 23.6 Å². The predicted octanol–water partition coefficient (Wildman–Crippen LogP) is 3.54. The number of aromatic nitrogens is 1. The summed E-state index contributed by atoms with van der Waals surface area (Å²) < 4.78 is 18.9. The summed E-state index contributed by atoms with van der Waals surface area (Å²) in [5.41, 5.74) is 0.789. The second-order valence-corrected chi connectivity index (χ2v) is 5.00. The third kappa shape index (κ3) is 6.01. The highest BCUT2D eigenvalue weighted by Gasteiger charge is 2.09. The molecule has 1 heterocycles. The normalized spacial score (nSPS) is 12.4. The summed E-state index contributed by atoms with van der Waals surface area (Å²) >= 11 is 0. The minimum absolute atomic E-state index is 0.317. The molecule has 0 aliphatic carbocycles. The van der Waals surface area contributed by atoms with Crippen molar-refractivity contribution in [1.29, 1.82) is 0 Å². The van der Waals surface area contributed by atoms with Gasteiger partial charge in [0.15, 0.2) is 0 Å². The molecule has 1 N–H and O–H groups in total. The van der Waals surface area contributed by atoms with Gasteiger partial charge in [0.1, 0.15) is 5.82 Å². The topological polar surface area (TPSA) is 34.2 Å². The molecule has 1 atom stereocenters. The lowest BCUT2D eigenvalue weighted by molar-refractivity contribution is 0.239. The average molecular weight is 268 g/mol. The van der Waals surface area contributed by atoms with E-state index in [9.17, 15) is 4.39 Å². The van der Waals surface area contributed by atoms with Crippen LogP contribution in [-0.4, -0.2) is 18.1 Å². The van der Waals surface area contributed by atoms with Crippen LogP contribution in [0.1, 0.15) is 45.6 Å². The van der Waals surface area contributed by atoms with E-state index in [1.807, 2.05) is 0 Å². The molecular weight excluding hydrogens is 243 g/mol. The number of nitrogens with one attached hydrogen (secondary N) is 1. The molecule has 19 heavy (non-hydrogen) atoms. The van der Waals surface area contributed by atoms with Crippen LogP contribution in [0, 0.1) is 11.7 Å². The average Bonchev–Trinajstić information content (AvgIpc) is 2.38. The summed E-state index contributed by atoms with van der Waals surface area (Å²) in [6.45, 7) is 8.54. The molecule has 0 amide bonds. The highest BCUT2D eigenvalue weighted by Crippen LogP contribution is 2.17. The molecule has 0 aliphatic rings. The summed E-state index contributed by atoms with van der Waals surface area (Å²) in [5, 5.41) is 3.25. The lowest BCUT2D eigenvalue weighted by Crippen LogP contribution is -2.16. The molecule has 0 saturated heterocycles. The SMILES string of the molecule is CCCNCc1cc(F)cnc1OCC(C)CCC. The first-order chi connectivity index (χ1) is 9.17. The fourth-order valence-electron chi connectivity index (χ4n) is 1.92. The maximum Gasteiger partial charge on any atom is 0.218 e. The van der Waals surface area contributed by atoms with Crippen molar-refractivity contribution in [2.75, 3.05) is 13.2 Å². The van der Waals surface area contributed by atoms with Gasteiger partial charge in [0.25, 0.3) is 0 Å². The predicted molar refractivity (Wildman–Crippen MR) is 75.8 cm³/mol. The standard InChI is InChI=1S/C15H25FN2O/c1-4-6-12(3)11-19-15-13(9-17-7-5-2)8-14(16)10-18-15/h8,10,12,17H,4-7,9,11H2,1-3H3. The van der Waals surface area contributed by atoms with Crippen molar-refractivity contribution in [2.24, 2.45) is 5.92 Å². The molecule has 0 radical (unpaired) electrons. The molecule has 1 aromatic rings. The summed E-state index contributed by atoms with van der Waals surface area (Å²) in [7, 11) is 0. The second-order valence-electron chi connectivity index (χ2n) is 5.00. The molecule has 1 rings (SSSR count). The monoisotopic (exact) mass is 268 g/mol. The van der Waals surface area contributed by atoms with Crippen LogP contribution in [0.4, 0.5) is 4.39 Å². The lowest BCUT2D eigenvalue weighted by atomic mass is 10.1. The molecule has 1 aromatic heterocycles. The van der Waals surface area contributed by atoms with Crippen LogP contribution < -0.4 is 10.1 Å². The Balaban J connectivity index is 2.59. The van der Waals surface area contributed by atoms with Crippen molar-refractivity contribution in [2.45, 2.75) is 46.6 Å². The molecule has 0 saturated carbocycles. The van der Waals surface area contributed by atoms with E-state index < -0.39 is 0 Å². The zero-order valence-corrected chi connectivity index (χ0v) is 12.2. The quantitative estimate of drug-likeness (QED) is 0.696. The third-order valence-corrected chi connectivity index (χ3v) is 2.92. The minimum Gasteiger partial charge on any atom is -0.477 e. The van der Waals surface area contributed by atoms with Gasteiger partial charge >= 0.3 is 0 Å². The van der Waals surface area contributed by atoms with Crippen LogP contribution in [0.25, 0.3) is 0 Å². The van der Waals surface area contributed by atoms with Crippen LogP contribution >= 0.6 is 0 Å². The van der Waals surface area contributed by atoms with Gasteiger partial charge in [-0.1, -0.05) is 27.2 Å². The van der Waals surface area contributed by atoms with Crippen molar-refractivity contribution in [3.8, 4) is 5.88 Å². The number of hydrogen-bond donors (Lipinski definition) is 1. The van der Waals surface area contributed by atoms with Crippen LogP contribution in [0.15, 0.2) is 12.3 Å². The summed E-state index contributed by atoms with van der Waals surface area (Å²) in [6, 6.07) is 1.50. The molecule has 0 aliphatic heterocycles. The molecule has 0 fully saturated rings. The van der Waals surface area contributed by atoms with E-state index in [2.05, 4.69) is 31.1 Å². The molecule has 108 valence electrons. The number of pyridine rings is 1. The van der Waals surface area contributed by atoms with Gasteiger partial charge in [0, 0.05) is 12.1 Å². The summed E-state index contributed by atoms with van der Waals surface area (Å²) in [4.78, 5) is 4.05.